The maximum atomic E-state index is 12.3. The molecule has 2 aromatic rings. The molecule has 0 radical (unpaired) electrons. The molecule has 0 spiro atoms. The highest BCUT2D eigenvalue weighted by molar-refractivity contribution is 5.90. The van der Waals surface area contributed by atoms with E-state index in [9.17, 15) is 4.79 Å². The fourth-order valence-corrected chi connectivity index (χ4v) is 3.29. The van der Waals surface area contributed by atoms with Gasteiger partial charge >= 0.3 is 0 Å². The molecule has 5 heteroatoms. The number of benzene rings is 1. The molecule has 1 aromatic carbocycles. The molecule has 0 atom stereocenters. The van der Waals surface area contributed by atoms with Gasteiger partial charge in [-0.15, -0.1) is 0 Å². The third-order valence-corrected chi connectivity index (χ3v) is 4.81. The highest BCUT2D eigenvalue weighted by atomic mass is 16.1. The Hall–Kier alpha value is -2.14. The van der Waals surface area contributed by atoms with Crippen molar-refractivity contribution in [1.29, 1.82) is 0 Å². The van der Waals surface area contributed by atoms with Crippen LogP contribution in [-0.4, -0.2) is 28.8 Å². The lowest BCUT2D eigenvalue weighted by atomic mass is 9.93. The van der Waals surface area contributed by atoms with Crippen molar-refractivity contribution < 1.29 is 4.79 Å². The van der Waals surface area contributed by atoms with Gasteiger partial charge in [-0.2, -0.15) is 5.10 Å². The summed E-state index contributed by atoms with van der Waals surface area (Å²) in [5.74, 6) is 1.50. The first-order chi connectivity index (χ1) is 11.6. The molecule has 3 rings (SSSR count). The number of nitrogens with one attached hydrogen (secondary N) is 2. The summed E-state index contributed by atoms with van der Waals surface area (Å²) in [6.45, 7) is 4.23. The SMILES string of the molecule is Cc1ccccc1-c1cc(NC(=O)CCC2CCNCC2)n(C)n1. The third-order valence-electron chi connectivity index (χ3n) is 4.81. The topological polar surface area (TPSA) is 59.0 Å². The van der Waals surface area contributed by atoms with Gasteiger partial charge in [0.25, 0.3) is 0 Å². The number of hydrogen-bond acceptors (Lipinski definition) is 3. The minimum atomic E-state index is 0.0767. The van der Waals surface area contributed by atoms with Crippen molar-refractivity contribution in [2.24, 2.45) is 13.0 Å². The molecule has 1 aliphatic rings. The lowest BCUT2D eigenvalue weighted by Gasteiger charge is -2.22. The molecular formula is C19H26N4O. The van der Waals surface area contributed by atoms with Gasteiger partial charge in [-0.25, -0.2) is 0 Å². The van der Waals surface area contributed by atoms with E-state index in [1.54, 1.807) is 4.68 Å². The van der Waals surface area contributed by atoms with Gasteiger partial charge in [0.15, 0.2) is 0 Å². The number of carbonyl (C=O) groups is 1. The molecule has 1 fully saturated rings. The van der Waals surface area contributed by atoms with E-state index in [-0.39, 0.29) is 5.91 Å². The second-order valence-electron chi connectivity index (χ2n) is 6.63. The lowest BCUT2D eigenvalue weighted by Crippen LogP contribution is -2.28. The van der Waals surface area contributed by atoms with Crippen molar-refractivity contribution >= 4 is 11.7 Å². The number of nitrogens with zero attached hydrogens (tertiary/aromatic N) is 2. The molecule has 1 aromatic heterocycles. The number of carbonyl (C=O) groups excluding carboxylic acids is 1. The van der Waals surface area contributed by atoms with Gasteiger partial charge < -0.3 is 10.6 Å². The maximum Gasteiger partial charge on any atom is 0.225 e. The Morgan fingerprint density at radius 3 is 2.83 bits per heavy atom. The van der Waals surface area contributed by atoms with E-state index in [0.717, 1.165) is 36.6 Å². The van der Waals surface area contributed by atoms with Crippen LogP contribution in [0.15, 0.2) is 30.3 Å². The minimum absolute atomic E-state index is 0.0767. The van der Waals surface area contributed by atoms with E-state index < -0.39 is 0 Å². The standard InChI is InChI=1S/C19H26N4O/c1-14-5-3-4-6-16(14)17-13-18(23(2)22-17)21-19(24)8-7-15-9-11-20-12-10-15/h3-6,13,15,20H,7-12H2,1-2H3,(H,21,24). The number of aryl methyl sites for hydroxylation is 2. The van der Waals surface area contributed by atoms with E-state index in [1.165, 1.54) is 18.4 Å². The summed E-state index contributed by atoms with van der Waals surface area (Å²) in [4.78, 5) is 12.3. The van der Waals surface area contributed by atoms with Gasteiger partial charge in [0.05, 0.1) is 5.69 Å². The first kappa shape index (κ1) is 16.7. The second-order valence-corrected chi connectivity index (χ2v) is 6.63. The van der Waals surface area contributed by atoms with Crippen molar-refractivity contribution in [3.05, 3.63) is 35.9 Å². The monoisotopic (exact) mass is 326 g/mol. The normalized spacial score (nSPS) is 15.4. The predicted octanol–water partition coefficient (Wildman–Crippen LogP) is 3.11. The molecule has 0 saturated carbocycles. The number of hydrogen-bond donors (Lipinski definition) is 2. The van der Waals surface area contributed by atoms with Gasteiger partial charge in [0.1, 0.15) is 5.82 Å². The van der Waals surface area contributed by atoms with Gasteiger partial charge in [-0.05, 0) is 50.8 Å². The van der Waals surface area contributed by atoms with Crippen molar-refractivity contribution in [2.45, 2.75) is 32.6 Å². The molecule has 5 nitrogen and oxygen atoms in total. The van der Waals surface area contributed by atoms with Gasteiger partial charge in [-0.3, -0.25) is 9.48 Å². The fourth-order valence-electron chi connectivity index (χ4n) is 3.29. The molecule has 0 aliphatic carbocycles. The Bertz CT molecular complexity index is 701. The zero-order valence-electron chi connectivity index (χ0n) is 14.5. The minimum Gasteiger partial charge on any atom is -0.317 e. The Balaban J connectivity index is 1.61. The molecule has 1 saturated heterocycles. The van der Waals surface area contributed by atoms with Crippen molar-refractivity contribution in [3.63, 3.8) is 0 Å². The Labute approximate surface area is 143 Å². The van der Waals surface area contributed by atoms with E-state index in [1.807, 2.05) is 25.2 Å². The van der Waals surface area contributed by atoms with Crippen LogP contribution in [0.4, 0.5) is 5.82 Å². The van der Waals surface area contributed by atoms with E-state index in [0.29, 0.717) is 12.3 Å². The van der Waals surface area contributed by atoms with Crippen molar-refractivity contribution in [2.75, 3.05) is 18.4 Å². The quantitative estimate of drug-likeness (QED) is 0.887. The van der Waals surface area contributed by atoms with E-state index in [4.69, 9.17) is 0 Å². The summed E-state index contributed by atoms with van der Waals surface area (Å²) in [5.41, 5.74) is 3.17. The zero-order chi connectivity index (χ0) is 16.9. The predicted molar refractivity (Wildman–Crippen MR) is 96.8 cm³/mol. The molecule has 1 aliphatic heterocycles. The molecule has 2 heterocycles. The average Bonchev–Trinajstić information content (AvgIpc) is 2.95. The molecule has 128 valence electrons. The highest BCUT2D eigenvalue weighted by Gasteiger charge is 2.16. The van der Waals surface area contributed by atoms with E-state index >= 15 is 0 Å². The van der Waals surface area contributed by atoms with Crippen LogP contribution in [0.5, 0.6) is 0 Å². The summed E-state index contributed by atoms with van der Waals surface area (Å²) in [7, 11) is 1.87. The summed E-state index contributed by atoms with van der Waals surface area (Å²) < 4.78 is 1.74. The van der Waals surface area contributed by atoms with Gasteiger partial charge in [0, 0.05) is 25.1 Å². The molecule has 0 bridgehead atoms. The van der Waals surface area contributed by atoms with Crippen LogP contribution in [0, 0.1) is 12.8 Å². The van der Waals surface area contributed by atoms with Crippen LogP contribution in [-0.2, 0) is 11.8 Å². The largest absolute Gasteiger partial charge is 0.317 e. The fraction of sp³-hybridized carbons (Fsp3) is 0.474. The number of rotatable bonds is 5. The Kier molecular flexibility index (Phi) is 5.30. The van der Waals surface area contributed by atoms with Crippen LogP contribution < -0.4 is 10.6 Å². The Morgan fingerprint density at radius 2 is 2.08 bits per heavy atom. The first-order valence-electron chi connectivity index (χ1n) is 8.74. The molecule has 1 amide bonds. The number of anilines is 1. The molecule has 2 N–H and O–H groups in total. The van der Waals surface area contributed by atoms with Crippen molar-refractivity contribution in [3.8, 4) is 11.3 Å². The summed E-state index contributed by atoms with van der Waals surface area (Å²) in [6, 6.07) is 10.1. The third kappa shape index (κ3) is 4.03. The molecule has 24 heavy (non-hydrogen) atoms. The average molecular weight is 326 g/mol. The van der Waals surface area contributed by atoms with Gasteiger partial charge in [-0.1, -0.05) is 24.3 Å². The molecule has 0 unspecified atom stereocenters. The smallest absolute Gasteiger partial charge is 0.225 e. The first-order valence-corrected chi connectivity index (χ1v) is 8.74. The number of piperidine rings is 1. The van der Waals surface area contributed by atoms with Crippen LogP contribution in [0.2, 0.25) is 0 Å². The highest BCUT2D eigenvalue weighted by Crippen LogP contribution is 2.25. The lowest BCUT2D eigenvalue weighted by molar-refractivity contribution is -0.116. The summed E-state index contributed by atoms with van der Waals surface area (Å²) in [6.07, 6.45) is 3.90. The van der Waals surface area contributed by atoms with E-state index in [2.05, 4.69) is 34.8 Å². The number of amides is 1. The van der Waals surface area contributed by atoms with Crippen LogP contribution >= 0.6 is 0 Å². The van der Waals surface area contributed by atoms with Crippen LogP contribution in [0.3, 0.4) is 0 Å². The molecular weight excluding hydrogens is 300 g/mol. The zero-order valence-corrected chi connectivity index (χ0v) is 14.5. The number of aromatic nitrogens is 2. The second kappa shape index (κ2) is 7.62. The van der Waals surface area contributed by atoms with Crippen LogP contribution in [0.1, 0.15) is 31.2 Å². The Morgan fingerprint density at radius 1 is 1.33 bits per heavy atom. The maximum absolute atomic E-state index is 12.3. The summed E-state index contributed by atoms with van der Waals surface area (Å²) >= 11 is 0. The van der Waals surface area contributed by atoms with Crippen molar-refractivity contribution in [1.82, 2.24) is 15.1 Å². The summed E-state index contributed by atoms with van der Waals surface area (Å²) in [5, 5.41) is 10.9. The van der Waals surface area contributed by atoms with Gasteiger partial charge in [0.2, 0.25) is 5.91 Å². The van der Waals surface area contributed by atoms with Crippen LogP contribution in [0.25, 0.3) is 11.3 Å².